The van der Waals surface area contributed by atoms with Crippen LogP contribution in [-0.2, 0) is 6.54 Å². The summed E-state index contributed by atoms with van der Waals surface area (Å²) < 4.78 is 7.22. The van der Waals surface area contributed by atoms with Crippen molar-refractivity contribution < 1.29 is 4.74 Å². The molecule has 1 aromatic heterocycles. The van der Waals surface area contributed by atoms with Crippen molar-refractivity contribution in [2.24, 2.45) is 5.92 Å². The van der Waals surface area contributed by atoms with Crippen molar-refractivity contribution in [3.8, 4) is 5.75 Å². The van der Waals surface area contributed by atoms with Gasteiger partial charge in [0.25, 0.3) is 0 Å². The van der Waals surface area contributed by atoms with Crippen LogP contribution in [0.1, 0.15) is 42.8 Å². The van der Waals surface area contributed by atoms with Crippen molar-refractivity contribution in [1.29, 1.82) is 0 Å². The largest absolute Gasteiger partial charge is 0.497 e. The lowest BCUT2D eigenvalue weighted by molar-refractivity contribution is 0.150. The summed E-state index contributed by atoms with van der Waals surface area (Å²) in [6, 6.07) is 16.9. The number of benzene rings is 2. The van der Waals surface area contributed by atoms with Gasteiger partial charge in [0.15, 0.2) is 5.82 Å². The normalized spacial score (nSPS) is 16.3. The van der Waals surface area contributed by atoms with Crippen LogP contribution in [0.15, 0.2) is 48.5 Å². The first-order chi connectivity index (χ1) is 15.0. The minimum atomic E-state index is 0.0389. The predicted molar refractivity (Wildman–Crippen MR) is 122 cm³/mol. The molecule has 31 heavy (non-hydrogen) atoms. The average Bonchev–Trinajstić information content (AvgIpc) is 3.24. The van der Waals surface area contributed by atoms with Crippen LogP contribution in [0, 0.1) is 5.92 Å². The maximum Gasteiger partial charge on any atom is 0.173 e. The first kappa shape index (κ1) is 21.3. The van der Waals surface area contributed by atoms with Gasteiger partial charge in [-0.2, -0.15) is 0 Å². The SMILES string of the molecule is COc1ccc(Cn2nnnc2[C@@H](c2ccc(N(C)C)cc2)N2CCC(C)CC2)cc1. The third-order valence-electron chi connectivity index (χ3n) is 6.20. The molecule has 7 nitrogen and oxygen atoms in total. The van der Waals surface area contributed by atoms with Crippen LogP contribution in [0.4, 0.5) is 5.69 Å². The van der Waals surface area contributed by atoms with Gasteiger partial charge in [-0.3, -0.25) is 4.90 Å². The predicted octanol–water partition coefficient (Wildman–Crippen LogP) is 3.62. The van der Waals surface area contributed by atoms with E-state index in [4.69, 9.17) is 4.74 Å². The molecule has 1 saturated heterocycles. The van der Waals surface area contributed by atoms with E-state index in [1.54, 1.807) is 7.11 Å². The monoisotopic (exact) mass is 420 g/mol. The van der Waals surface area contributed by atoms with Crippen molar-refractivity contribution >= 4 is 5.69 Å². The molecule has 0 spiro atoms. The second-order valence-electron chi connectivity index (χ2n) is 8.65. The van der Waals surface area contributed by atoms with Gasteiger partial charge in [0, 0.05) is 19.8 Å². The lowest BCUT2D eigenvalue weighted by atomic mass is 9.95. The van der Waals surface area contributed by atoms with Crippen LogP contribution in [0.25, 0.3) is 0 Å². The number of nitrogens with zero attached hydrogens (tertiary/aromatic N) is 6. The second-order valence-corrected chi connectivity index (χ2v) is 8.65. The van der Waals surface area contributed by atoms with Gasteiger partial charge in [-0.1, -0.05) is 31.2 Å². The molecule has 4 rings (SSSR count). The fraction of sp³-hybridized carbons (Fsp3) is 0.458. The molecule has 7 heteroatoms. The number of hydrogen-bond donors (Lipinski definition) is 0. The molecule has 0 radical (unpaired) electrons. The van der Waals surface area contributed by atoms with Crippen molar-refractivity contribution in [2.75, 3.05) is 39.2 Å². The van der Waals surface area contributed by atoms with Gasteiger partial charge in [0.2, 0.25) is 0 Å². The van der Waals surface area contributed by atoms with Crippen LogP contribution in [0.2, 0.25) is 0 Å². The lowest BCUT2D eigenvalue weighted by Gasteiger charge is -2.36. The average molecular weight is 421 g/mol. The van der Waals surface area contributed by atoms with Crippen molar-refractivity contribution in [2.45, 2.75) is 32.4 Å². The zero-order valence-electron chi connectivity index (χ0n) is 18.9. The summed E-state index contributed by atoms with van der Waals surface area (Å²) in [5.41, 5.74) is 3.56. The third kappa shape index (κ3) is 4.88. The highest BCUT2D eigenvalue weighted by atomic mass is 16.5. The van der Waals surface area contributed by atoms with Gasteiger partial charge in [0.1, 0.15) is 5.75 Å². The van der Waals surface area contributed by atoms with Crippen molar-refractivity contribution in [1.82, 2.24) is 25.1 Å². The molecule has 0 bridgehead atoms. The maximum absolute atomic E-state index is 5.28. The van der Waals surface area contributed by atoms with Crippen LogP contribution in [-0.4, -0.2) is 59.4 Å². The molecule has 0 amide bonds. The Labute approximate surface area is 184 Å². The zero-order valence-corrected chi connectivity index (χ0v) is 18.9. The number of tetrazole rings is 1. The van der Waals surface area contributed by atoms with Crippen molar-refractivity contribution in [3.63, 3.8) is 0 Å². The molecule has 0 saturated carbocycles. The van der Waals surface area contributed by atoms with Gasteiger partial charge in [-0.25, -0.2) is 4.68 Å². The lowest BCUT2D eigenvalue weighted by Crippen LogP contribution is -2.38. The Morgan fingerprint density at radius 2 is 1.71 bits per heavy atom. The highest BCUT2D eigenvalue weighted by Gasteiger charge is 2.30. The summed E-state index contributed by atoms with van der Waals surface area (Å²) in [5.74, 6) is 2.51. The highest BCUT2D eigenvalue weighted by molar-refractivity contribution is 5.47. The molecule has 3 aromatic rings. The van der Waals surface area contributed by atoms with Crippen LogP contribution in [0.5, 0.6) is 5.75 Å². The molecule has 2 aromatic carbocycles. The van der Waals surface area contributed by atoms with E-state index in [0.717, 1.165) is 36.1 Å². The van der Waals surface area contributed by atoms with Gasteiger partial charge in [-0.15, -0.1) is 5.10 Å². The second kappa shape index (κ2) is 9.47. The van der Waals surface area contributed by atoms with Crippen LogP contribution in [0.3, 0.4) is 0 Å². The van der Waals surface area contributed by atoms with Crippen molar-refractivity contribution in [3.05, 3.63) is 65.5 Å². The zero-order chi connectivity index (χ0) is 21.8. The molecule has 0 unspecified atom stereocenters. The Kier molecular flexibility index (Phi) is 6.51. The number of methoxy groups -OCH3 is 1. The molecule has 1 aliphatic heterocycles. The fourth-order valence-electron chi connectivity index (χ4n) is 4.19. The Bertz CT molecular complexity index is 958. The van der Waals surface area contributed by atoms with E-state index >= 15 is 0 Å². The number of rotatable bonds is 7. The van der Waals surface area contributed by atoms with Gasteiger partial charge < -0.3 is 9.64 Å². The topological polar surface area (TPSA) is 59.3 Å². The standard InChI is InChI=1S/C24H32N6O/c1-18-13-15-29(16-14-18)23(20-7-9-21(10-8-20)28(2)3)24-25-26-27-30(24)17-19-5-11-22(31-4)12-6-19/h5-12,18,23H,13-17H2,1-4H3/t23-/m1/s1. The maximum atomic E-state index is 5.28. The van der Waals surface area contributed by atoms with Crippen LogP contribution >= 0.6 is 0 Å². The van der Waals surface area contributed by atoms with E-state index in [9.17, 15) is 0 Å². The van der Waals surface area contributed by atoms with Gasteiger partial charge >= 0.3 is 0 Å². The molecular weight excluding hydrogens is 388 g/mol. The Balaban J connectivity index is 1.66. The minimum absolute atomic E-state index is 0.0389. The molecule has 0 N–H and O–H groups in total. The summed E-state index contributed by atoms with van der Waals surface area (Å²) in [4.78, 5) is 4.65. The highest BCUT2D eigenvalue weighted by Crippen LogP contribution is 2.32. The van der Waals surface area contributed by atoms with Gasteiger partial charge in [-0.05, 0) is 77.7 Å². The number of ether oxygens (including phenoxy) is 1. The number of aromatic nitrogens is 4. The molecule has 1 atom stereocenters. The van der Waals surface area contributed by atoms with Gasteiger partial charge in [0.05, 0.1) is 19.7 Å². The molecule has 0 aliphatic carbocycles. The first-order valence-corrected chi connectivity index (χ1v) is 11.0. The van der Waals surface area contributed by atoms with E-state index in [-0.39, 0.29) is 6.04 Å². The Morgan fingerprint density at radius 1 is 1.03 bits per heavy atom. The van der Waals surface area contributed by atoms with E-state index in [2.05, 4.69) is 82.7 Å². The molecular formula is C24H32N6O. The summed E-state index contributed by atoms with van der Waals surface area (Å²) in [5, 5.41) is 12.9. The van der Waals surface area contributed by atoms with Crippen LogP contribution < -0.4 is 9.64 Å². The number of likely N-dealkylation sites (tertiary alicyclic amines) is 1. The van der Waals surface area contributed by atoms with E-state index in [0.29, 0.717) is 6.54 Å². The third-order valence-corrected chi connectivity index (χ3v) is 6.20. The molecule has 164 valence electrons. The Morgan fingerprint density at radius 3 is 2.32 bits per heavy atom. The summed E-state index contributed by atoms with van der Waals surface area (Å²) >= 11 is 0. The number of piperidine rings is 1. The minimum Gasteiger partial charge on any atom is -0.497 e. The summed E-state index contributed by atoms with van der Waals surface area (Å²) in [7, 11) is 5.81. The van der Waals surface area contributed by atoms with E-state index in [1.807, 2.05) is 16.8 Å². The Hall–Kier alpha value is -2.93. The molecule has 1 fully saturated rings. The number of anilines is 1. The quantitative estimate of drug-likeness (QED) is 0.582. The number of hydrogen-bond acceptors (Lipinski definition) is 6. The fourth-order valence-corrected chi connectivity index (χ4v) is 4.19. The molecule has 1 aliphatic rings. The van der Waals surface area contributed by atoms with E-state index < -0.39 is 0 Å². The first-order valence-electron chi connectivity index (χ1n) is 11.0. The molecule has 2 heterocycles. The smallest absolute Gasteiger partial charge is 0.173 e. The van der Waals surface area contributed by atoms with E-state index in [1.165, 1.54) is 24.1 Å². The summed E-state index contributed by atoms with van der Waals surface area (Å²) in [6.45, 7) is 5.07. The summed E-state index contributed by atoms with van der Waals surface area (Å²) in [6.07, 6.45) is 2.40.